The first-order chi connectivity index (χ1) is 6.09. The predicted octanol–water partition coefficient (Wildman–Crippen LogP) is -0.333. The summed E-state index contributed by atoms with van der Waals surface area (Å²) in [6.07, 6.45) is 1.56. The number of nitrogens with zero attached hydrogens (tertiary/aromatic N) is 3. The van der Waals surface area contributed by atoms with Crippen molar-refractivity contribution in [2.75, 3.05) is 0 Å². The van der Waals surface area contributed by atoms with E-state index in [4.69, 9.17) is 5.73 Å². The number of primary amides is 1. The van der Waals surface area contributed by atoms with E-state index in [1.54, 1.807) is 0 Å². The molecule has 0 fully saturated rings. The molecule has 0 aliphatic carbocycles. The molecule has 0 bridgehead atoms. The molecular formula is C6H8N4O3. The number of hydrogen-bond acceptors (Lipinski definition) is 4. The van der Waals surface area contributed by atoms with E-state index in [0.29, 0.717) is 0 Å². The van der Waals surface area contributed by atoms with Crippen molar-refractivity contribution >= 4 is 11.7 Å². The molecule has 1 rings (SSSR count). The highest BCUT2D eigenvalue weighted by Gasteiger charge is 2.10. The maximum Gasteiger partial charge on any atom is 0.389 e. The van der Waals surface area contributed by atoms with E-state index in [1.165, 1.54) is 16.9 Å². The molecule has 0 saturated heterocycles. The molecule has 70 valence electrons. The van der Waals surface area contributed by atoms with E-state index in [1.807, 2.05) is 0 Å². The molecule has 0 aliphatic rings. The molecule has 1 aromatic rings. The van der Waals surface area contributed by atoms with Gasteiger partial charge < -0.3 is 15.8 Å². The fraction of sp³-hybridized carbons (Fsp3) is 0.333. The molecule has 0 atom stereocenters. The predicted molar refractivity (Wildman–Crippen MR) is 42.7 cm³/mol. The minimum absolute atomic E-state index is 0.124. The number of amides is 1. The normalized spacial score (nSPS) is 9.85. The van der Waals surface area contributed by atoms with Gasteiger partial charge >= 0.3 is 5.82 Å². The second-order valence-electron chi connectivity index (χ2n) is 2.41. The van der Waals surface area contributed by atoms with Gasteiger partial charge in [-0.2, -0.15) is 4.68 Å². The number of rotatable bonds is 4. The van der Waals surface area contributed by atoms with Crippen molar-refractivity contribution in [1.82, 2.24) is 9.78 Å². The number of hydrogen-bond donors (Lipinski definition) is 1. The van der Waals surface area contributed by atoms with Gasteiger partial charge in [-0.3, -0.25) is 4.79 Å². The largest absolute Gasteiger partial charge is 0.389 e. The third-order valence-electron chi connectivity index (χ3n) is 1.40. The highest BCUT2D eigenvalue weighted by molar-refractivity contribution is 5.73. The maximum atomic E-state index is 10.4. The molecule has 1 aromatic heterocycles. The van der Waals surface area contributed by atoms with Crippen LogP contribution in [0.25, 0.3) is 0 Å². The van der Waals surface area contributed by atoms with Gasteiger partial charge in [0.2, 0.25) is 5.91 Å². The Hall–Kier alpha value is -1.92. The Labute approximate surface area is 73.3 Å². The minimum atomic E-state index is -0.596. The van der Waals surface area contributed by atoms with Crippen LogP contribution < -0.4 is 5.73 Å². The first-order valence-corrected chi connectivity index (χ1v) is 3.56. The molecule has 0 radical (unpaired) electrons. The van der Waals surface area contributed by atoms with Gasteiger partial charge in [-0.05, 0) is 4.92 Å². The summed E-state index contributed by atoms with van der Waals surface area (Å²) in [6, 6.07) is 1.26. The Morgan fingerprint density at radius 3 is 2.92 bits per heavy atom. The monoisotopic (exact) mass is 184 g/mol. The van der Waals surface area contributed by atoms with Crippen molar-refractivity contribution < 1.29 is 9.72 Å². The Kier molecular flexibility index (Phi) is 2.58. The van der Waals surface area contributed by atoms with Gasteiger partial charge in [-0.25, -0.2) is 0 Å². The lowest BCUT2D eigenvalue weighted by Gasteiger charge is -1.91. The lowest BCUT2D eigenvalue weighted by Crippen LogP contribution is -2.14. The summed E-state index contributed by atoms with van der Waals surface area (Å²) in [6.45, 7) is 0.267. The standard InChI is InChI=1S/C6H8N4O3/c7-5(11)1-3-9-4-2-6(8-9)10(12)13/h2,4H,1,3H2,(H2,7,11). The molecule has 7 heteroatoms. The van der Waals surface area contributed by atoms with Crippen molar-refractivity contribution in [1.29, 1.82) is 0 Å². The summed E-state index contributed by atoms with van der Waals surface area (Å²) in [5, 5.41) is 13.8. The number of aryl methyl sites for hydroxylation is 1. The minimum Gasteiger partial charge on any atom is -0.370 e. The molecule has 1 amide bonds. The lowest BCUT2D eigenvalue weighted by molar-refractivity contribution is -0.389. The average Bonchev–Trinajstić information content (AvgIpc) is 2.48. The Balaban J connectivity index is 2.59. The van der Waals surface area contributed by atoms with Crippen LogP contribution in [0.1, 0.15) is 6.42 Å². The SMILES string of the molecule is NC(=O)CCn1ccc([N+](=O)[O-])n1. The zero-order valence-corrected chi connectivity index (χ0v) is 6.71. The third-order valence-corrected chi connectivity index (χ3v) is 1.40. The Morgan fingerprint density at radius 2 is 2.46 bits per heavy atom. The summed E-state index contributed by atoms with van der Waals surface area (Å²) in [7, 11) is 0. The molecule has 0 unspecified atom stereocenters. The van der Waals surface area contributed by atoms with Crippen LogP contribution in [-0.2, 0) is 11.3 Å². The van der Waals surface area contributed by atoms with Crippen molar-refractivity contribution in [3.05, 3.63) is 22.4 Å². The van der Waals surface area contributed by atoms with Crippen LogP contribution in [0.3, 0.4) is 0 Å². The van der Waals surface area contributed by atoms with E-state index in [-0.39, 0.29) is 18.8 Å². The number of nitro groups is 1. The molecule has 0 spiro atoms. The van der Waals surface area contributed by atoms with E-state index >= 15 is 0 Å². The first kappa shape index (κ1) is 9.17. The van der Waals surface area contributed by atoms with Gasteiger partial charge in [0.05, 0.1) is 23.9 Å². The zero-order valence-electron chi connectivity index (χ0n) is 6.71. The highest BCUT2D eigenvalue weighted by atomic mass is 16.6. The summed E-state index contributed by atoms with van der Waals surface area (Å²) in [5.74, 6) is -0.692. The van der Waals surface area contributed by atoms with E-state index in [0.717, 1.165) is 0 Å². The van der Waals surface area contributed by atoms with Gasteiger partial charge in [0, 0.05) is 6.42 Å². The molecule has 0 aromatic carbocycles. The molecule has 1 heterocycles. The Bertz CT molecular complexity index is 332. The fourth-order valence-corrected chi connectivity index (χ4v) is 0.798. The quantitative estimate of drug-likeness (QED) is 0.510. The third kappa shape index (κ3) is 2.55. The van der Waals surface area contributed by atoms with Crippen LogP contribution in [0.4, 0.5) is 5.82 Å². The zero-order chi connectivity index (χ0) is 9.84. The van der Waals surface area contributed by atoms with Crippen LogP contribution in [-0.4, -0.2) is 20.6 Å². The van der Waals surface area contributed by atoms with Gasteiger partial charge in [0.1, 0.15) is 0 Å². The van der Waals surface area contributed by atoms with Gasteiger partial charge in [-0.15, -0.1) is 0 Å². The number of carbonyl (C=O) groups excluding carboxylic acids is 1. The molecule has 0 aliphatic heterocycles. The van der Waals surface area contributed by atoms with Crippen LogP contribution in [0.5, 0.6) is 0 Å². The molecule has 13 heavy (non-hydrogen) atoms. The summed E-state index contributed by atoms with van der Waals surface area (Å²) in [4.78, 5) is 20.0. The van der Waals surface area contributed by atoms with Crippen molar-refractivity contribution in [3.63, 3.8) is 0 Å². The van der Waals surface area contributed by atoms with E-state index < -0.39 is 10.8 Å². The van der Waals surface area contributed by atoms with Crippen LogP contribution >= 0.6 is 0 Å². The highest BCUT2D eigenvalue weighted by Crippen LogP contribution is 2.05. The average molecular weight is 184 g/mol. The van der Waals surface area contributed by atoms with Gasteiger partial charge in [0.25, 0.3) is 0 Å². The van der Waals surface area contributed by atoms with Gasteiger partial charge in [-0.1, -0.05) is 0 Å². The van der Waals surface area contributed by atoms with Crippen LogP contribution in [0.2, 0.25) is 0 Å². The van der Waals surface area contributed by atoms with E-state index in [9.17, 15) is 14.9 Å². The topological polar surface area (TPSA) is 104 Å². The maximum absolute atomic E-state index is 10.4. The lowest BCUT2D eigenvalue weighted by atomic mass is 10.4. The molecule has 0 saturated carbocycles. The second-order valence-corrected chi connectivity index (χ2v) is 2.41. The number of nitrogens with two attached hydrogens (primary N) is 1. The van der Waals surface area contributed by atoms with Crippen LogP contribution in [0.15, 0.2) is 12.3 Å². The summed E-state index contributed by atoms with van der Waals surface area (Å²) in [5.41, 5.74) is 4.89. The second kappa shape index (κ2) is 3.65. The van der Waals surface area contributed by atoms with Gasteiger partial charge in [0.15, 0.2) is 0 Å². The van der Waals surface area contributed by atoms with Crippen LogP contribution in [0, 0.1) is 10.1 Å². The summed E-state index contributed by atoms with van der Waals surface area (Å²) < 4.78 is 1.31. The smallest absolute Gasteiger partial charge is 0.370 e. The first-order valence-electron chi connectivity index (χ1n) is 3.56. The van der Waals surface area contributed by atoms with Crippen molar-refractivity contribution in [2.24, 2.45) is 5.73 Å². The molecule has 2 N–H and O–H groups in total. The summed E-state index contributed by atoms with van der Waals surface area (Å²) >= 11 is 0. The number of aromatic nitrogens is 2. The number of carbonyl (C=O) groups is 1. The fourth-order valence-electron chi connectivity index (χ4n) is 0.798. The Morgan fingerprint density at radius 1 is 1.77 bits per heavy atom. The van der Waals surface area contributed by atoms with E-state index in [2.05, 4.69) is 5.10 Å². The van der Waals surface area contributed by atoms with Crippen molar-refractivity contribution in [2.45, 2.75) is 13.0 Å². The molecule has 7 nitrogen and oxygen atoms in total. The molecular weight excluding hydrogens is 176 g/mol. The van der Waals surface area contributed by atoms with Crippen molar-refractivity contribution in [3.8, 4) is 0 Å².